The van der Waals surface area contributed by atoms with Gasteiger partial charge in [0.25, 0.3) is 15.7 Å². The molecule has 1 amide bonds. The van der Waals surface area contributed by atoms with Crippen LogP contribution in [0.15, 0.2) is 47.4 Å². The van der Waals surface area contributed by atoms with Gasteiger partial charge in [-0.05, 0) is 50.1 Å². The van der Waals surface area contributed by atoms with E-state index in [2.05, 4.69) is 5.32 Å². The molecule has 0 saturated heterocycles. The molecule has 2 aromatic rings. The van der Waals surface area contributed by atoms with Crippen molar-refractivity contribution in [1.29, 1.82) is 0 Å². The number of ether oxygens (including phenoxy) is 1. The summed E-state index contributed by atoms with van der Waals surface area (Å²) < 4.78 is 33.3. The molecule has 1 aliphatic rings. The van der Waals surface area contributed by atoms with Crippen LogP contribution in [0.25, 0.3) is 0 Å². The second-order valence-electron chi connectivity index (χ2n) is 8.52. The quantitative estimate of drug-likeness (QED) is 0.435. The molecule has 0 atom stereocenters. The van der Waals surface area contributed by atoms with Crippen LogP contribution in [-0.2, 0) is 14.8 Å². The van der Waals surface area contributed by atoms with Crippen LogP contribution in [0.4, 0.5) is 11.4 Å². The minimum atomic E-state index is -4.27. The molecule has 184 valence electrons. The fourth-order valence-electron chi connectivity index (χ4n) is 4.14. The van der Waals surface area contributed by atoms with Crippen molar-refractivity contribution in [3.8, 4) is 5.75 Å². The number of benzene rings is 2. The van der Waals surface area contributed by atoms with E-state index in [1.165, 1.54) is 32.6 Å². The minimum Gasteiger partial charge on any atom is -0.497 e. The Balaban J connectivity index is 1.92. The van der Waals surface area contributed by atoms with E-state index in [1.54, 1.807) is 24.3 Å². The molecule has 0 bridgehead atoms. The number of methoxy groups -OCH3 is 1. The maximum atomic E-state index is 13.6. The molecule has 1 N–H and O–H groups in total. The van der Waals surface area contributed by atoms with E-state index in [0.29, 0.717) is 11.3 Å². The smallest absolute Gasteiger partial charge is 0.273 e. The van der Waals surface area contributed by atoms with Gasteiger partial charge >= 0.3 is 0 Å². The van der Waals surface area contributed by atoms with Gasteiger partial charge in [0.15, 0.2) is 0 Å². The number of hydrogen-bond acceptors (Lipinski definition) is 6. The predicted molar refractivity (Wildman–Crippen MR) is 130 cm³/mol. The van der Waals surface area contributed by atoms with Crippen LogP contribution in [0.5, 0.6) is 5.75 Å². The molecule has 1 aliphatic carbocycles. The zero-order valence-corrected chi connectivity index (χ0v) is 20.3. The van der Waals surface area contributed by atoms with E-state index in [0.717, 1.165) is 48.9 Å². The van der Waals surface area contributed by atoms with Gasteiger partial charge in [-0.15, -0.1) is 0 Å². The average molecular weight is 490 g/mol. The van der Waals surface area contributed by atoms with Crippen LogP contribution < -0.4 is 14.4 Å². The third-order valence-corrected chi connectivity index (χ3v) is 7.85. The number of sulfonamides is 1. The molecule has 0 radical (unpaired) electrons. The Labute approximate surface area is 200 Å². The number of nitro groups is 1. The predicted octanol–water partition coefficient (Wildman–Crippen LogP) is 4.34. The summed E-state index contributed by atoms with van der Waals surface area (Å²) in [5.74, 6) is 0.123. The first-order valence-corrected chi connectivity index (χ1v) is 12.9. The number of hydrogen-bond donors (Lipinski definition) is 1. The fourth-order valence-corrected chi connectivity index (χ4v) is 5.58. The van der Waals surface area contributed by atoms with Gasteiger partial charge in [0, 0.05) is 17.7 Å². The summed E-state index contributed by atoms with van der Waals surface area (Å²) in [6.07, 6.45) is 7.25. The SMILES string of the molecule is COc1ccc(N(CC(=O)NC2CCCCCCC2)S(=O)(=O)c2ccc(C)c([N+](=O)[O-])c2)cc1. The summed E-state index contributed by atoms with van der Waals surface area (Å²) in [5, 5.41) is 14.4. The summed E-state index contributed by atoms with van der Waals surface area (Å²) in [5.41, 5.74) is 0.313. The summed E-state index contributed by atoms with van der Waals surface area (Å²) in [6.45, 7) is 1.10. The maximum Gasteiger partial charge on any atom is 0.273 e. The van der Waals surface area contributed by atoms with Gasteiger partial charge in [0.1, 0.15) is 12.3 Å². The maximum absolute atomic E-state index is 13.6. The van der Waals surface area contributed by atoms with Crippen molar-refractivity contribution in [2.45, 2.75) is 62.8 Å². The lowest BCUT2D eigenvalue weighted by atomic mass is 9.97. The molecule has 10 heteroatoms. The van der Waals surface area contributed by atoms with E-state index in [9.17, 15) is 23.3 Å². The molecule has 0 aliphatic heterocycles. The Kier molecular flexibility index (Phi) is 8.49. The van der Waals surface area contributed by atoms with Gasteiger partial charge in [-0.1, -0.05) is 38.2 Å². The minimum absolute atomic E-state index is 0.00804. The second kappa shape index (κ2) is 11.3. The molecule has 1 saturated carbocycles. The van der Waals surface area contributed by atoms with Crippen molar-refractivity contribution >= 4 is 27.3 Å². The van der Waals surface area contributed by atoms with Crippen molar-refractivity contribution < 1.29 is 22.9 Å². The lowest BCUT2D eigenvalue weighted by Crippen LogP contribution is -2.44. The topological polar surface area (TPSA) is 119 Å². The average Bonchev–Trinajstić information content (AvgIpc) is 2.79. The molecule has 3 rings (SSSR count). The molecule has 0 spiro atoms. The molecular weight excluding hydrogens is 458 g/mol. The number of nitrogens with one attached hydrogen (secondary N) is 1. The van der Waals surface area contributed by atoms with E-state index in [1.807, 2.05) is 0 Å². The molecule has 2 aromatic carbocycles. The third-order valence-electron chi connectivity index (χ3n) is 6.08. The van der Waals surface area contributed by atoms with E-state index < -0.39 is 27.4 Å². The van der Waals surface area contributed by atoms with Crippen molar-refractivity contribution in [3.63, 3.8) is 0 Å². The highest BCUT2D eigenvalue weighted by molar-refractivity contribution is 7.92. The van der Waals surface area contributed by atoms with Gasteiger partial charge < -0.3 is 10.1 Å². The summed E-state index contributed by atoms with van der Waals surface area (Å²) in [4.78, 5) is 23.5. The number of amides is 1. The molecular formula is C24H31N3O6S. The van der Waals surface area contributed by atoms with Gasteiger partial charge in [0.2, 0.25) is 5.91 Å². The lowest BCUT2D eigenvalue weighted by molar-refractivity contribution is -0.385. The van der Waals surface area contributed by atoms with E-state index >= 15 is 0 Å². The van der Waals surface area contributed by atoms with E-state index in [-0.39, 0.29) is 22.3 Å². The highest BCUT2D eigenvalue weighted by Crippen LogP contribution is 2.29. The lowest BCUT2D eigenvalue weighted by Gasteiger charge is -2.26. The van der Waals surface area contributed by atoms with Gasteiger partial charge in [-0.3, -0.25) is 19.2 Å². The molecule has 9 nitrogen and oxygen atoms in total. The summed E-state index contributed by atoms with van der Waals surface area (Å²) in [7, 11) is -2.77. The Hall–Kier alpha value is -3.14. The molecule has 1 fully saturated rings. The van der Waals surface area contributed by atoms with Crippen molar-refractivity contribution in [2.75, 3.05) is 18.0 Å². The number of aryl methyl sites for hydroxylation is 1. The highest BCUT2D eigenvalue weighted by Gasteiger charge is 2.30. The number of anilines is 1. The molecule has 0 heterocycles. The Bertz CT molecular complexity index is 1110. The first-order valence-electron chi connectivity index (χ1n) is 11.4. The first kappa shape index (κ1) is 25.5. The highest BCUT2D eigenvalue weighted by atomic mass is 32.2. The fraction of sp³-hybridized carbons (Fsp3) is 0.458. The number of carbonyl (C=O) groups excluding carboxylic acids is 1. The monoisotopic (exact) mass is 489 g/mol. The number of carbonyl (C=O) groups is 1. The van der Waals surface area contributed by atoms with Gasteiger partial charge in [-0.2, -0.15) is 0 Å². The van der Waals surface area contributed by atoms with Crippen molar-refractivity contribution in [2.24, 2.45) is 0 Å². The zero-order chi connectivity index (χ0) is 24.7. The van der Waals surface area contributed by atoms with Gasteiger partial charge in [0.05, 0.1) is 22.6 Å². The third kappa shape index (κ3) is 6.25. The van der Waals surface area contributed by atoms with Crippen LogP contribution in [0.3, 0.4) is 0 Å². The van der Waals surface area contributed by atoms with Crippen molar-refractivity contribution in [1.82, 2.24) is 5.32 Å². The molecule has 34 heavy (non-hydrogen) atoms. The van der Waals surface area contributed by atoms with Gasteiger partial charge in [-0.25, -0.2) is 8.42 Å². The first-order chi connectivity index (χ1) is 16.2. The molecule has 0 unspecified atom stereocenters. The van der Waals surface area contributed by atoms with E-state index in [4.69, 9.17) is 4.74 Å². The zero-order valence-electron chi connectivity index (χ0n) is 19.5. The normalized spacial score (nSPS) is 15.1. The van der Waals surface area contributed by atoms with Crippen LogP contribution in [0.2, 0.25) is 0 Å². The number of nitrogens with zero attached hydrogens (tertiary/aromatic N) is 2. The Morgan fingerprint density at radius 1 is 1.09 bits per heavy atom. The standard InChI is InChI=1S/C24H31N3O6S/c1-18-10-15-22(16-23(18)27(29)30)34(31,32)26(20-11-13-21(33-2)14-12-20)17-24(28)25-19-8-6-4-3-5-7-9-19/h10-16,19H,3-9,17H2,1-2H3,(H,25,28). The van der Waals surface area contributed by atoms with Crippen LogP contribution in [0.1, 0.15) is 50.5 Å². The summed E-state index contributed by atoms with van der Waals surface area (Å²) >= 11 is 0. The van der Waals surface area contributed by atoms with Crippen LogP contribution in [0, 0.1) is 17.0 Å². The number of rotatable bonds is 8. The van der Waals surface area contributed by atoms with Crippen molar-refractivity contribution in [3.05, 3.63) is 58.1 Å². The van der Waals surface area contributed by atoms with Crippen LogP contribution >= 0.6 is 0 Å². The molecule has 0 aromatic heterocycles. The largest absolute Gasteiger partial charge is 0.497 e. The summed E-state index contributed by atoms with van der Waals surface area (Å²) in [6, 6.07) is 10.0. The van der Waals surface area contributed by atoms with Crippen LogP contribution in [-0.4, -0.2) is 38.9 Å². The Morgan fingerprint density at radius 3 is 2.29 bits per heavy atom. The second-order valence-corrected chi connectivity index (χ2v) is 10.4. The number of nitro benzene ring substituents is 1. The Morgan fingerprint density at radius 2 is 1.71 bits per heavy atom.